The van der Waals surface area contributed by atoms with E-state index in [-0.39, 0.29) is 26.4 Å². The molecule has 24 heavy (non-hydrogen) atoms. The van der Waals surface area contributed by atoms with Gasteiger partial charge in [-0.15, -0.1) is 46.4 Å². The van der Waals surface area contributed by atoms with Gasteiger partial charge in [-0.25, -0.2) is 0 Å². The van der Waals surface area contributed by atoms with Crippen LogP contribution in [0.5, 0.6) is 0 Å². The van der Waals surface area contributed by atoms with E-state index in [0.29, 0.717) is 23.5 Å². The van der Waals surface area contributed by atoms with E-state index >= 15 is 0 Å². The van der Waals surface area contributed by atoms with Crippen molar-refractivity contribution < 1.29 is 28.4 Å². The van der Waals surface area contributed by atoms with Crippen molar-refractivity contribution in [3.63, 3.8) is 0 Å². The van der Waals surface area contributed by atoms with Gasteiger partial charge in [0.2, 0.25) is 0 Å². The van der Waals surface area contributed by atoms with Crippen molar-refractivity contribution in [2.45, 2.75) is 26.8 Å². The van der Waals surface area contributed by atoms with Crippen LogP contribution in [0.3, 0.4) is 0 Å². The molecule has 0 amide bonds. The van der Waals surface area contributed by atoms with Gasteiger partial charge < -0.3 is 23.7 Å². The Morgan fingerprint density at radius 3 is 1.04 bits per heavy atom. The van der Waals surface area contributed by atoms with E-state index in [1.165, 1.54) is 0 Å². The van der Waals surface area contributed by atoms with Crippen molar-refractivity contribution in [2.75, 3.05) is 63.2 Å². The van der Waals surface area contributed by atoms with Crippen LogP contribution in [-0.2, 0) is 28.4 Å². The molecule has 0 heterocycles. The molecule has 0 spiro atoms. The minimum absolute atomic E-state index is 0.256. The summed E-state index contributed by atoms with van der Waals surface area (Å²) in [5.41, 5.74) is 0. The van der Waals surface area contributed by atoms with Crippen LogP contribution in [0, 0.1) is 0 Å². The fourth-order valence-corrected chi connectivity index (χ4v) is 1.47. The van der Waals surface area contributed by atoms with Crippen LogP contribution in [0.4, 0.5) is 0 Å². The number of ether oxygens (including phenoxy) is 6. The van der Waals surface area contributed by atoms with Gasteiger partial charge in [-0.05, 0) is 13.8 Å². The second kappa shape index (κ2) is 23.9. The molecule has 0 rings (SSSR count). The van der Waals surface area contributed by atoms with Gasteiger partial charge in [-0.2, -0.15) is 0 Å². The summed E-state index contributed by atoms with van der Waals surface area (Å²) in [6.45, 7) is 4.73. The predicted molar refractivity (Wildman–Crippen MR) is 97.5 cm³/mol. The SMILES string of the molecule is CCOCC.ClCCOC(OCCCl)OC(OCCCl)OCCCl. The van der Waals surface area contributed by atoms with Crippen molar-refractivity contribution in [3.05, 3.63) is 0 Å². The number of hydrogen-bond acceptors (Lipinski definition) is 6. The molecule has 0 N–H and O–H groups in total. The zero-order valence-electron chi connectivity index (χ0n) is 14.2. The van der Waals surface area contributed by atoms with Crippen molar-refractivity contribution in [2.24, 2.45) is 0 Å². The quantitative estimate of drug-likeness (QED) is 0.273. The third-order valence-corrected chi connectivity index (χ3v) is 2.57. The van der Waals surface area contributed by atoms with Gasteiger partial charge in [-0.3, -0.25) is 4.74 Å². The molecule has 0 aromatic carbocycles. The highest BCUT2D eigenvalue weighted by atomic mass is 35.5. The molecule has 0 saturated heterocycles. The van der Waals surface area contributed by atoms with Crippen molar-refractivity contribution in [1.82, 2.24) is 0 Å². The maximum atomic E-state index is 5.52. The van der Waals surface area contributed by atoms with E-state index in [0.717, 1.165) is 13.2 Å². The van der Waals surface area contributed by atoms with Crippen LogP contribution in [0.2, 0.25) is 0 Å². The Bertz CT molecular complexity index is 193. The molecule has 0 radical (unpaired) electrons. The molecule has 0 aliphatic heterocycles. The van der Waals surface area contributed by atoms with Gasteiger partial charge in [0.05, 0.1) is 26.4 Å². The summed E-state index contributed by atoms with van der Waals surface area (Å²) < 4.78 is 31.1. The Kier molecular flexibility index (Phi) is 27.1. The summed E-state index contributed by atoms with van der Waals surface area (Å²) in [4.78, 5) is 0. The van der Waals surface area contributed by atoms with Crippen LogP contribution in [0.25, 0.3) is 0 Å². The second-order valence-corrected chi connectivity index (χ2v) is 5.25. The van der Waals surface area contributed by atoms with Crippen molar-refractivity contribution in [1.29, 1.82) is 0 Å². The molecular weight excluding hydrogens is 406 g/mol. The van der Waals surface area contributed by atoms with Crippen LogP contribution in [0.15, 0.2) is 0 Å². The van der Waals surface area contributed by atoms with Crippen LogP contribution in [0.1, 0.15) is 13.8 Å². The lowest BCUT2D eigenvalue weighted by molar-refractivity contribution is -0.394. The highest BCUT2D eigenvalue weighted by Crippen LogP contribution is 2.07. The number of alkyl halides is 4. The monoisotopic (exact) mass is 432 g/mol. The molecule has 6 nitrogen and oxygen atoms in total. The summed E-state index contributed by atoms with van der Waals surface area (Å²) in [5.74, 6) is 1.22. The van der Waals surface area contributed by atoms with Gasteiger partial charge in [0.1, 0.15) is 0 Å². The summed E-state index contributed by atoms with van der Waals surface area (Å²) in [7, 11) is 0. The molecule has 0 saturated carbocycles. The largest absolute Gasteiger partial charge is 0.382 e. The van der Waals surface area contributed by atoms with E-state index in [1.54, 1.807) is 0 Å². The molecular formula is C14H28Cl4O6. The number of hydrogen-bond donors (Lipinski definition) is 0. The molecule has 0 fully saturated rings. The predicted octanol–water partition coefficient (Wildman–Crippen LogP) is 3.63. The highest BCUT2D eigenvalue weighted by molar-refractivity contribution is 6.18. The maximum absolute atomic E-state index is 5.52. The van der Waals surface area contributed by atoms with Crippen molar-refractivity contribution in [3.8, 4) is 0 Å². The van der Waals surface area contributed by atoms with Gasteiger partial charge in [0.25, 0.3) is 13.0 Å². The molecule has 0 aromatic rings. The normalized spacial score (nSPS) is 11.0. The first-order chi connectivity index (χ1) is 11.7. The van der Waals surface area contributed by atoms with E-state index < -0.39 is 13.0 Å². The first-order valence-corrected chi connectivity index (χ1v) is 9.77. The fourth-order valence-electron chi connectivity index (χ4n) is 1.11. The average Bonchev–Trinajstić information content (AvgIpc) is 2.60. The number of halogens is 4. The molecule has 0 aliphatic rings. The molecule has 0 atom stereocenters. The smallest absolute Gasteiger partial charge is 0.275 e. The minimum atomic E-state index is -0.979. The lowest BCUT2D eigenvalue weighted by atomic mass is 10.8. The zero-order valence-corrected chi connectivity index (χ0v) is 17.2. The van der Waals surface area contributed by atoms with E-state index in [2.05, 4.69) is 0 Å². The Labute approximate surface area is 164 Å². The van der Waals surface area contributed by atoms with Crippen LogP contribution in [-0.4, -0.2) is 76.1 Å². The van der Waals surface area contributed by atoms with Gasteiger partial charge >= 0.3 is 0 Å². The lowest BCUT2D eigenvalue weighted by Gasteiger charge is -2.24. The summed E-state index contributed by atoms with van der Waals surface area (Å²) in [6.07, 6.45) is 0. The van der Waals surface area contributed by atoms with E-state index in [9.17, 15) is 0 Å². The minimum Gasteiger partial charge on any atom is -0.382 e. The molecule has 0 aromatic heterocycles. The molecule has 148 valence electrons. The molecule has 10 heteroatoms. The fraction of sp³-hybridized carbons (Fsp3) is 1.00. The van der Waals surface area contributed by atoms with Crippen LogP contribution >= 0.6 is 46.4 Å². The van der Waals surface area contributed by atoms with E-state index in [1.807, 2.05) is 13.8 Å². The van der Waals surface area contributed by atoms with Crippen molar-refractivity contribution >= 4 is 46.4 Å². The Morgan fingerprint density at radius 1 is 0.583 bits per heavy atom. The van der Waals surface area contributed by atoms with Gasteiger partial charge in [0, 0.05) is 36.7 Å². The average molecular weight is 434 g/mol. The Hall–Kier alpha value is 0.920. The third-order valence-electron chi connectivity index (χ3n) is 1.95. The second-order valence-electron chi connectivity index (χ2n) is 3.73. The topological polar surface area (TPSA) is 55.4 Å². The first kappa shape index (κ1) is 27.1. The number of rotatable bonds is 16. The zero-order chi connectivity index (χ0) is 18.5. The van der Waals surface area contributed by atoms with Crippen LogP contribution < -0.4 is 0 Å². The third kappa shape index (κ3) is 21.0. The summed E-state index contributed by atoms with van der Waals surface area (Å²) >= 11 is 22.1. The Morgan fingerprint density at radius 2 is 0.875 bits per heavy atom. The molecule has 0 aliphatic carbocycles. The standard InChI is InChI=1S/C10H18Cl4O5.C4H10O/c11-1-5-15-9(16-6-2-12)19-10(17-7-3-13)18-8-4-14;1-3-5-4-2/h9-10H,1-8H2;3-4H2,1-2H3. The maximum Gasteiger partial charge on any atom is 0.275 e. The lowest BCUT2D eigenvalue weighted by Crippen LogP contribution is -2.33. The van der Waals surface area contributed by atoms with Gasteiger partial charge in [0.15, 0.2) is 0 Å². The van der Waals surface area contributed by atoms with E-state index in [4.69, 9.17) is 74.8 Å². The molecule has 0 bridgehead atoms. The van der Waals surface area contributed by atoms with Gasteiger partial charge in [-0.1, -0.05) is 0 Å². The molecule has 0 unspecified atom stereocenters. The summed E-state index contributed by atoms with van der Waals surface area (Å²) in [5, 5.41) is 0. The Balaban J connectivity index is 0. The highest BCUT2D eigenvalue weighted by Gasteiger charge is 2.18. The first-order valence-electron chi connectivity index (χ1n) is 7.63. The summed E-state index contributed by atoms with van der Waals surface area (Å²) in [6, 6.07) is 0.